The fraction of sp³-hybridized carbons (Fsp3) is 0.333. The van der Waals surface area contributed by atoms with Gasteiger partial charge in [0.15, 0.2) is 5.78 Å². The van der Waals surface area contributed by atoms with Crippen molar-refractivity contribution in [1.82, 2.24) is 4.98 Å². The molecule has 0 saturated heterocycles. The van der Waals surface area contributed by atoms with Gasteiger partial charge in [-0.15, -0.1) is 0 Å². The number of benzene rings is 1. The Hall–Kier alpha value is -1.96. The fourth-order valence-electron chi connectivity index (χ4n) is 2.77. The molecule has 0 bridgehead atoms. The highest BCUT2D eigenvalue weighted by Gasteiger charge is 2.23. The van der Waals surface area contributed by atoms with Gasteiger partial charge in [0.25, 0.3) is 0 Å². The van der Waals surface area contributed by atoms with Crippen molar-refractivity contribution in [3.05, 3.63) is 65.5 Å². The van der Waals surface area contributed by atoms with Crippen LogP contribution in [0.1, 0.15) is 53.1 Å². The molecule has 2 nitrogen and oxygen atoms in total. The molecule has 1 aromatic heterocycles. The molecule has 2 heteroatoms. The van der Waals surface area contributed by atoms with E-state index in [0.29, 0.717) is 12.3 Å². The number of rotatable bonds is 5. The largest absolute Gasteiger partial charge is 0.294 e. The van der Waals surface area contributed by atoms with Crippen LogP contribution in [0.5, 0.6) is 0 Å². The quantitative estimate of drug-likeness (QED) is 0.760. The van der Waals surface area contributed by atoms with E-state index in [9.17, 15) is 4.79 Å². The lowest BCUT2D eigenvalue weighted by Gasteiger charge is -2.27. The molecule has 0 amide bonds. The number of hydrogen-bond acceptors (Lipinski definition) is 2. The second kappa shape index (κ2) is 6.00. The van der Waals surface area contributed by atoms with Crippen LogP contribution in [0.4, 0.5) is 0 Å². The number of pyridine rings is 1. The van der Waals surface area contributed by atoms with E-state index in [-0.39, 0.29) is 5.78 Å². The van der Waals surface area contributed by atoms with Crippen LogP contribution in [-0.4, -0.2) is 10.8 Å². The lowest BCUT2D eigenvalue weighted by Crippen LogP contribution is -2.14. The zero-order valence-corrected chi connectivity index (χ0v) is 11.6. The Balaban J connectivity index is 1.71. The van der Waals surface area contributed by atoms with Gasteiger partial charge in [-0.3, -0.25) is 9.78 Å². The molecule has 3 rings (SSSR count). The molecule has 2 aromatic rings. The molecule has 0 unspecified atom stereocenters. The Morgan fingerprint density at radius 3 is 2.55 bits per heavy atom. The lowest BCUT2D eigenvalue weighted by atomic mass is 9.77. The molecule has 102 valence electrons. The van der Waals surface area contributed by atoms with Crippen molar-refractivity contribution in [2.75, 3.05) is 0 Å². The zero-order valence-electron chi connectivity index (χ0n) is 11.6. The molecule has 0 spiro atoms. The zero-order chi connectivity index (χ0) is 13.8. The standard InChI is InChI=1S/C18H19NO/c20-18(9-8-14-10-12-19-13-11-14)17-7-2-1-6-16(17)15-4-3-5-15/h1-2,6-7,10-13,15H,3-5,8-9H2. The summed E-state index contributed by atoms with van der Waals surface area (Å²) < 4.78 is 0. The van der Waals surface area contributed by atoms with Crippen LogP contribution >= 0.6 is 0 Å². The molecule has 1 aliphatic rings. The Bertz CT molecular complexity index is 587. The van der Waals surface area contributed by atoms with Gasteiger partial charge in [0, 0.05) is 24.4 Å². The molecule has 1 heterocycles. The van der Waals surface area contributed by atoms with E-state index in [1.807, 2.05) is 30.3 Å². The third-order valence-corrected chi connectivity index (χ3v) is 4.20. The van der Waals surface area contributed by atoms with E-state index in [1.54, 1.807) is 12.4 Å². The van der Waals surface area contributed by atoms with Crippen LogP contribution in [0.25, 0.3) is 0 Å². The third kappa shape index (κ3) is 2.79. The van der Waals surface area contributed by atoms with Gasteiger partial charge in [-0.2, -0.15) is 0 Å². The average molecular weight is 265 g/mol. The molecule has 1 aliphatic carbocycles. The summed E-state index contributed by atoms with van der Waals surface area (Å²) in [4.78, 5) is 16.5. The maximum absolute atomic E-state index is 12.5. The summed E-state index contributed by atoms with van der Waals surface area (Å²) in [5, 5.41) is 0. The summed E-state index contributed by atoms with van der Waals surface area (Å²) in [6.07, 6.45) is 8.69. The summed E-state index contributed by atoms with van der Waals surface area (Å²) in [7, 11) is 0. The highest BCUT2D eigenvalue weighted by Crippen LogP contribution is 2.38. The molecule has 1 fully saturated rings. The highest BCUT2D eigenvalue weighted by atomic mass is 16.1. The van der Waals surface area contributed by atoms with E-state index in [0.717, 1.165) is 12.0 Å². The normalized spacial score (nSPS) is 14.8. The number of aromatic nitrogens is 1. The minimum atomic E-state index is 0.268. The predicted octanol–water partition coefficient (Wildman–Crippen LogP) is 4.16. The van der Waals surface area contributed by atoms with Crippen molar-refractivity contribution in [1.29, 1.82) is 0 Å². The van der Waals surface area contributed by atoms with E-state index in [4.69, 9.17) is 0 Å². The van der Waals surface area contributed by atoms with Gasteiger partial charge in [-0.1, -0.05) is 30.7 Å². The van der Waals surface area contributed by atoms with Crippen molar-refractivity contribution >= 4 is 5.78 Å². The van der Waals surface area contributed by atoms with E-state index >= 15 is 0 Å². The Kier molecular flexibility index (Phi) is 3.91. The van der Waals surface area contributed by atoms with Crippen LogP contribution in [0.15, 0.2) is 48.8 Å². The van der Waals surface area contributed by atoms with Crippen LogP contribution < -0.4 is 0 Å². The monoisotopic (exact) mass is 265 g/mol. The van der Waals surface area contributed by atoms with Crippen LogP contribution in [-0.2, 0) is 6.42 Å². The summed E-state index contributed by atoms with van der Waals surface area (Å²) in [5.41, 5.74) is 3.37. The first-order valence-electron chi connectivity index (χ1n) is 7.35. The SMILES string of the molecule is O=C(CCc1ccncc1)c1ccccc1C1CCC1. The van der Waals surface area contributed by atoms with Crippen molar-refractivity contribution < 1.29 is 4.79 Å². The molecule has 1 saturated carbocycles. The maximum atomic E-state index is 12.5. The predicted molar refractivity (Wildman–Crippen MR) is 79.9 cm³/mol. The van der Waals surface area contributed by atoms with Crippen molar-refractivity contribution in [2.45, 2.75) is 38.0 Å². The topological polar surface area (TPSA) is 30.0 Å². The molecule has 1 aromatic carbocycles. The Morgan fingerprint density at radius 1 is 1.10 bits per heavy atom. The second-order valence-electron chi connectivity index (χ2n) is 5.49. The molecular formula is C18H19NO. The van der Waals surface area contributed by atoms with Gasteiger partial charge in [-0.25, -0.2) is 0 Å². The maximum Gasteiger partial charge on any atom is 0.163 e. The fourth-order valence-corrected chi connectivity index (χ4v) is 2.77. The Labute approximate surface area is 119 Å². The van der Waals surface area contributed by atoms with Gasteiger partial charge in [-0.05, 0) is 48.4 Å². The van der Waals surface area contributed by atoms with E-state index < -0.39 is 0 Å². The first-order chi connectivity index (χ1) is 9.84. The minimum absolute atomic E-state index is 0.268. The number of ketones is 1. The number of carbonyl (C=O) groups is 1. The Morgan fingerprint density at radius 2 is 1.85 bits per heavy atom. The molecule has 20 heavy (non-hydrogen) atoms. The number of Topliss-reactive ketones (excluding diaryl/α,β-unsaturated/α-hetero) is 1. The number of nitrogens with zero attached hydrogens (tertiary/aromatic N) is 1. The van der Waals surface area contributed by atoms with Crippen LogP contribution in [0.3, 0.4) is 0 Å². The van der Waals surface area contributed by atoms with Gasteiger partial charge in [0.05, 0.1) is 0 Å². The average Bonchev–Trinajstić information content (AvgIpc) is 2.45. The summed E-state index contributed by atoms with van der Waals surface area (Å²) >= 11 is 0. The van der Waals surface area contributed by atoms with Crippen LogP contribution in [0.2, 0.25) is 0 Å². The highest BCUT2D eigenvalue weighted by molar-refractivity contribution is 5.97. The second-order valence-corrected chi connectivity index (χ2v) is 5.49. The summed E-state index contributed by atoms with van der Waals surface area (Å²) in [6, 6.07) is 12.1. The van der Waals surface area contributed by atoms with Gasteiger partial charge in [0.2, 0.25) is 0 Å². The van der Waals surface area contributed by atoms with Gasteiger partial charge in [0.1, 0.15) is 0 Å². The molecule has 0 N–H and O–H groups in total. The summed E-state index contributed by atoms with van der Waals surface area (Å²) in [5.74, 6) is 0.875. The first kappa shape index (κ1) is 13.0. The molecular weight excluding hydrogens is 246 g/mol. The van der Waals surface area contributed by atoms with Gasteiger partial charge >= 0.3 is 0 Å². The smallest absolute Gasteiger partial charge is 0.163 e. The lowest BCUT2D eigenvalue weighted by molar-refractivity contribution is 0.0981. The van der Waals surface area contributed by atoms with Gasteiger partial charge < -0.3 is 0 Å². The molecule has 0 radical (unpaired) electrons. The molecule has 0 atom stereocenters. The van der Waals surface area contributed by atoms with E-state index in [1.165, 1.54) is 30.4 Å². The number of hydrogen-bond donors (Lipinski definition) is 0. The number of carbonyl (C=O) groups excluding carboxylic acids is 1. The van der Waals surface area contributed by atoms with Crippen molar-refractivity contribution in [3.8, 4) is 0 Å². The third-order valence-electron chi connectivity index (χ3n) is 4.20. The first-order valence-corrected chi connectivity index (χ1v) is 7.35. The van der Waals surface area contributed by atoms with Crippen molar-refractivity contribution in [2.24, 2.45) is 0 Å². The number of aryl methyl sites for hydroxylation is 1. The van der Waals surface area contributed by atoms with E-state index in [2.05, 4.69) is 11.1 Å². The summed E-state index contributed by atoms with van der Waals surface area (Å²) in [6.45, 7) is 0. The minimum Gasteiger partial charge on any atom is -0.294 e. The van der Waals surface area contributed by atoms with Crippen molar-refractivity contribution in [3.63, 3.8) is 0 Å². The van der Waals surface area contributed by atoms with Crippen LogP contribution in [0, 0.1) is 0 Å². The molecule has 0 aliphatic heterocycles.